The molecule has 1 aliphatic rings. The van der Waals surface area contributed by atoms with Crippen molar-refractivity contribution in [1.29, 1.82) is 0 Å². The summed E-state index contributed by atoms with van der Waals surface area (Å²) in [6.07, 6.45) is 3.07. The van der Waals surface area contributed by atoms with E-state index in [-0.39, 0.29) is 0 Å². The van der Waals surface area contributed by atoms with Gasteiger partial charge in [0, 0.05) is 18.4 Å². The molecule has 52 valence electrons. The molecule has 0 saturated heterocycles. The predicted molar refractivity (Wildman–Crippen MR) is 37.0 cm³/mol. The number of hydrazine groups is 2. The van der Waals surface area contributed by atoms with Crippen molar-refractivity contribution in [1.82, 2.24) is 16.0 Å². The lowest BCUT2D eigenvalue weighted by Gasteiger charge is -2.17. The van der Waals surface area contributed by atoms with Crippen molar-refractivity contribution in [3.63, 3.8) is 0 Å². The van der Waals surface area contributed by atoms with E-state index in [0.29, 0.717) is 0 Å². The smallest absolute Gasteiger partial charge is 0.0480 e. The fourth-order valence-corrected chi connectivity index (χ4v) is 0.918. The SMILES string of the molecule is CCC1=CNNN1CC. The van der Waals surface area contributed by atoms with Crippen molar-refractivity contribution < 1.29 is 0 Å². The van der Waals surface area contributed by atoms with Gasteiger partial charge in [0.25, 0.3) is 0 Å². The van der Waals surface area contributed by atoms with E-state index in [2.05, 4.69) is 29.8 Å². The zero-order valence-corrected chi connectivity index (χ0v) is 5.94. The highest BCUT2D eigenvalue weighted by molar-refractivity contribution is 5.00. The Hall–Kier alpha value is -0.700. The first-order valence-corrected chi connectivity index (χ1v) is 3.36. The average Bonchev–Trinajstić information content (AvgIpc) is 2.33. The van der Waals surface area contributed by atoms with Gasteiger partial charge in [0.1, 0.15) is 0 Å². The molecule has 0 aromatic heterocycles. The zero-order chi connectivity index (χ0) is 6.69. The molecule has 0 amide bonds. The maximum atomic E-state index is 3.00. The van der Waals surface area contributed by atoms with Crippen LogP contribution in [0.5, 0.6) is 0 Å². The van der Waals surface area contributed by atoms with Crippen LogP contribution >= 0.6 is 0 Å². The number of nitrogens with one attached hydrogen (secondary N) is 2. The Labute approximate surface area is 55.7 Å². The van der Waals surface area contributed by atoms with Crippen molar-refractivity contribution in [3.8, 4) is 0 Å². The van der Waals surface area contributed by atoms with Gasteiger partial charge in [-0.05, 0) is 13.3 Å². The molecule has 0 aliphatic carbocycles. The second-order valence-electron chi connectivity index (χ2n) is 1.99. The molecule has 0 radical (unpaired) electrons. The van der Waals surface area contributed by atoms with Crippen LogP contribution in [0.15, 0.2) is 11.9 Å². The highest BCUT2D eigenvalue weighted by atomic mass is 15.7. The first kappa shape index (κ1) is 6.42. The minimum atomic E-state index is 1.01. The largest absolute Gasteiger partial charge is 0.309 e. The summed E-state index contributed by atoms with van der Waals surface area (Å²) in [5.74, 6) is 0. The fraction of sp³-hybridized carbons (Fsp3) is 0.667. The van der Waals surface area contributed by atoms with Gasteiger partial charge in [-0.3, -0.25) is 5.01 Å². The molecular formula is C6H13N3. The third-order valence-electron chi connectivity index (χ3n) is 1.46. The van der Waals surface area contributed by atoms with Gasteiger partial charge in [0.2, 0.25) is 0 Å². The summed E-state index contributed by atoms with van der Waals surface area (Å²) in [5, 5.41) is 2.08. The van der Waals surface area contributed by atoms with Crippen molar-refractivity contribution in [2.45, 2.75) is 20.3 Å². The van der Waals surface area contributed by atoms with E-state index >= 15 is 0 Å². The lowest BCUT2D eigenvalue weighted by molar-refractivity contribution is 0.259. The summed E-state index contributed by atoms with van der Waals surface area (Å²) in [7, 11) is 0. The maximum absolute atomic E-state index is 3.00. The van der Waals surface area contributed by atoms with Crippen LogP contribution < -0.4 is 11.0 Å². The molecule has 1 aliphatic heterocycles. The van der Waals surface area contributed by atoms with Gasteiger partial charge in [-0.25, -0.2) is 0 Å². The Balaban J connectivity index is 2.47. The molecule has 3 heteroatoms. The fourth-order valence-electron chi connectivity index (χ4n) is 0.918. The molecule has 0 atom stereocenters. The van der Waals surface area contributed by atoms with Crippen LogP contribution in [0.1, 0.15) is 20.3 Å². The minimum Gasteiger partial charge on any atom is -0.309 e. The third kappa shape index (κ3) is 1.16. The topological polar surface area (TPSA) is 27.3 Å². The van der Waals surface area contributed by atoms with Crippen molar-refractivity contribution in [2.75, 3.05) is 6.54 Å². The summed E-state index contributed by atoms with van der Waals surface area (Å²) in [5.41, 5.74) is 7.25. The number of nitrogens with zero attached hydrogens (tertiary/aromatic N) is 1. The minimum absolute atomic E-state index is 1.01. The first-order valence-electron chi connectivity index (χ1n) is 3.36. The second-order valence-corrected chi connectivity index (χ2v) is 1.99. The Morgan fingerprint density at radius 1 is 1.56 bits per heavy atom. The van der Waals surface area contributed by atoms with Crippen LogP contribution in [0.3, 0.4) is 0 Å². The average molecular weight is 127 g/mol. The van der Waals surface area contributed by atoms with Gasteiger partial charge < -0.3 is 5.43 Å². The van der Waals surface area contributed by atoms with Crippen LogP contribution in [-0.2, 0) is 0 Å². The maximum Gasteiger partial charge on any atom is 0.0480 e. The standard InChI is InChI=1S/C6H13N3/c1-3-6-5-7-8-9(6)4-2/h5,7-8H,3-4H2,1-2H3. The van der Waals surface area contributed by atoms with E-state index in [4.69, 9.17) is 0 Å². The van der Waals surface area contributed by atoms with Crippen molar-refractivity contribution in [2.24, 2.45) is 0 Å². The Bertz CT molecular complexity index is 119. The van der Waals surface area contributed by atoms with Crippen LogP contribution in [0.2, 0.25) is 0 Å². The van der Waals surface area contributed by atoms with Crippen molar-refractivity contribution in [3.05, 3.63) is 11.9 Å². The number of hydrogen-bond acceptors (Lipinski definition) is 3. The zero-order valence-electron chi connectivity index (χ0n) is 5.94. The molecule has 9 heavy (non-hydrogen) atoms. The van der Waals surface area contributed by atoms with E-state index in [9.17, 15) is 0 Å². The molecule has 3 nitrogen and oxygen atoms in total. The van der Waals surface area contributed by atoms with E-state index < -0.39 is 0 Å². The predicted octanol–water partition coefficient (Wildman–Crippen LogP) is 0.582. The Kier molecular flexibility index (Phi) is 1.95. The molecule has 0 fully saturated rings. The van der Waals surface area contributed by atoms with Crippen LogP contribution in [0.4, 0.5) is 0 Å². The van der Waals surface area contributed by atoms with Gasteiger partial charge >= 0.3 is 0 Å². The normalized spacial score (nSPS) is 17.6. The first-order chi connectivity index (χ1) is 4.38. The monoisotopic (exact) mass is 127 g/mol. The van der Waals surface area contributed by atoms with E-state index in [1.54, 1.807) is 0 Å². The third-order valence-corrected chi connectivity index (χ3v) is 1.46. The molecule has 1 rings (SSSR count). The van der Waals surface area contributed by atoms with Crippen LogP contribution in [0, 0.1) is 0 Å². The van der Waals surface area contributed by atoms with Crippen LogP contribution in [-0.4, -0.2) is 11.6 Å². The van der Waals surface area contributed by atoms with Crippen molar-refractivity contribution >= 4 is 0 Å². The number of rotatable bonds is 2. The lowest BCUT2D eigenvalue weighted by atomic mass is 10.3. The molecule has 0 unspecified atom stereocenters. The molecule has 0 saturated carbocycles. The molecule has 0 bridgehead atoms. The van der Waals surface area contributed by atoms with Gasteiger partial charge in [0.15, 0.2) is 0 Å². The summed E-state index contributed by atoms with van der Waals surface area (Å²) in [6, 6.07) is 0. The molecule has 0 spiro atoms. The Morgan fingerprint density at radius 3 is 2.78 bits per heavy atom. The lowest BCUT2D eigenvalue weighted by Crippen LogP contribution is -2.36. The summed E-state index contributed by atoms with van der Waals surface area (Å²) >= 11 is 0. The van der Waals surface area contributed by atoms with Gasteiger partial charge in [-0.2, -0.15) is 0 Å². The molecule has 0 aromatic carbocycles. The number of allylic oxidation sites excluding steroid dienone is 1. The van der Waals surface area contributed by atoms with E-state index in [1.807, 2.05) is 6.20 Å². The summed E-state index contributed by atoms with van der Waals surface area (Å²) in [4.78, 5) is 0. The summed E-state index contributed by atoms with van der Waals surface area (Å²) in [6.45, 7) is 5.26. The second kappa shape index (κ2) is 2.73. The summed E-state index contributed by atoms with van der Waals surface area (Å²) < 4.78 is 0. The van der Waals surface area contributed by atoms with Gasteiger partial charge in [-0.15, -0.1) is 5.53 Å². The quantitative estimate of drug-likeness (QED) is 0.568. The van der Waals surface area contributed by atoms with E-state index in [0.717, 1.165) is 13.0 Å². The highest BCUT2D eigenvalue weighted by Gasteiger charge is 2.08. The number of hydrogen-bond donors (Lipinski definition) is 2. The molecule has 0 aromatic rings. The molecule has 1 heterocycles. The highest BCUT2D eigenvalue weighted by Crippen LogP contribution is 2.06. The van der Waals surface area contributed by atoms with Gasteiger partial charge in [0.05, 0.1) is 0 Å². The Morgan fingerprint density at radius 2 is 2.33 bits per heavy atom. The van der Waals surface area contributed by atoms with Crippen LogP contribution in [0.25, 0.3) is 0 Å². The molecular weight excluding hydrogens is 114 g/mol. The van der Waals surface area contributed by atoms with E-state index in [1.165, 1.54) is 5.70 Å². The van der Waals surface area contributed by atoms with Gasteiger partial charge in [-0.1, -0.05) is 6.92 Å². The molecule has 2 N–H and O–H groups in total.